The van der Waals surface area contributed by atoms with Gasteiger partial charge in [0.15, 0.2) is 0 Å². The zero-order valence-electron chi connectivity index (χ0n) is 59.8. The molecule has 548 valence electrons. The fraction of sp³-hybridized carbons (Fsp3) is 0.826. The Morgan fingerprint density at radius 3 is 1.78 bits per heavy atom. The summed E-state index contributed by atoms with van der Waals surface area (Å²) in [7, 11) is 9.90. The van der Waals surface area contributed by atoms with Gasteiger partial charge in [0.05, 0.1) is 32.0 Å². The van der Waals surface area contributed by atoms with Gasteiger partial charge >= 0.3 is 6.18 Å². The average molecular weight is 1390 g/mol. The first kappa shape index (κ1) is 79.7. The van der Waals surface area contributed by atoms with Gasteiger partial charge in [-0.2, -0.15) is 13.2 Å². The Bertz CT molecular complexity index is 2820. The van der Waals surface area contributed by atoms with Crippen molar-refractivity contribution in [3.63, 3.8) is 0 Å². The molecule has 6 fully saturated rings. The Labute approximate surface area is 577 Å². The number of alkyl halides is 4. The molecule has 11 atom stereocenters. The van der Waals surface area contributed by atoms with Crippen molar-refractivity contribution in [1.29, 1.82) is 0 Å². The minimum absolute atomic E-state index is 0.000793. The first-order chi connectivity index (χ1) is 45.5. The van der Waals surface area contributed by atoms with Crippen LogP contribution >= 0.6 is 11.6 Å². The predicted octanol–water partition coefficient (Wildman–Crippen LogP) is 5.17. The van der Waals surface area contributed by atoms with Crippen molar-refractivity contribution >= 4 is 82.5 Å². The van der Waals surface area contributed by atoms with E-state index >= 15 is 14.4 Å². The summed E-state index contributed by atoms with van der Waals surface area (Å²) in [6, 6.07) is -8.62. The molecule has 3 saturated heterocycles. The molecule has 0 aromatic carbocycles. The molecular formula is C69H112ClF3N12O12. The van der Waals surface area contributed by atoms with Crippen LogP contribution < -0.4 is 16.0 Å². The fourth-order valence-corrected chi connectivity index (χ4v) is 15.7. The van der Waals surface area contributed by atoms with Gasteiger partial charge in [-0.3, -0.25) is 57.5 Å². The van der Waals surface area contributed by atoms with E-state index in [1.807, 2.05) is 20.8 Å². The summed E-state index contributed by atoms with van der Waals surface area (Å²) in [5.41, 5.74) is -1.53. The second-order valence-electron chi connectivity index (χ2n) is 29.7. The number of nitrogens with one attached hydrogen (secondary N) is 3. The molecule has 12 amide bonds. The number of carbonyl (C=O) groups is 12. The SMILES string of the molecule is CC[C@H](C)[C@@H]1NC(=O)[C@H](CC(C)C)N(C)C(=O)C[C@@H](C(=O)N2CCCCC2)N(C)C(=O)[C@H](C(C)C)N(C)C(=O)C2(CCC2)NC(=O)[C@@H]2CCCN2C(=O)[C@H](CCC2CCC(C(F)(F)F)C(Cl)C2)NC(=O)CN(C)C(=O)[C@H](CC2CCCCC2)N(C)C(=O)CN(C)C(=O)CN(C)C1=O. The number of halogens is 4. The summed E-state index contributed by atoms with van der Waals surface area (Å²) < 4.78 is 41.9. The van der Waals surface area contributed by atoms with Crippen molar-refractivity contribution in [2.24, 2.45) is 35.5 Å². The number of hydrogen-bond acceptors (Lipinski definition) is 12. The molecule has 3 aliphatic heterocycles. The smallest absolute Gasteiger partial charge is 0.343 e. The van der Waals surface area contributed by atoms with Crippen LogP contribution in [0.4, 0.5) is 13.2 Å². The molecule has 3 unspecified atom stereocenters. The van der Waals surface area contributed by atoms with Gasteiger partial charge in [0.2, 0.25) is 70.9 Å². The van der Waals surface area contributed by atoms with E-state index in [2.05, 4.69) is 16.0 Å². The Hall–Kier alpha value is -6.28. The number of likely N-dealkylation sites (N-methyl/N-ethyl adjacent to an activating group) is 7. The van der Waals surface area contributed by atoms with E-state index in [0.717, 1.165) is 53.2 Å². The third-order valence-corrected chi connectivity index (χ3v) is 22.2. The average Bonchev–Trinajstić information content (AvgIpc) is 1.54. The molecule has 6 rings (SSSR count). The summed E-state index contributed by atoms with van der Waals surface area (Å²) in [6.45, 7) is 9.96. The van der Waals surface area contributed by atoms with E-state index < -0.39 is 174 Å². The highest BCUT2D eigenvalue weighted by atomic mass is 35.5. The van der Waals surface area contributed by atoms with Crippen LogP contribution in [0, 0.1) is 35.5 Å². The maximum atomic E-state index is 15.3. The number of nitrogens with zero attached hydrogens (tertiary/aromatic N) is 9. The highest BCUT2D eigenvalue weighted by Crippen LogP contribution is 2.44. The van der Waals surface area contributed by atoms with E-state index in [-0.39, 0.29) is 88.5 Å². The summed E-state index contributed by atoms with van der Waals surface area (Å²) in [5, 5.41) is 7.47. The van der Waals surface area contributed by atoms with Crippen molar-refractivity contribution < 1.29 is 70.7 Å². The number of carbonyl (C=O) groups excluding carboxylic acids is 12. The van der Waals surface area contributed by atoms with E-state index in [0.29, 0.717) is 45.2 Å². The van der Waals surface area contributed by atoms with Crippen molar-refractivity contribution in [2.45, 2.75) is 242 Å². The van der Waals surface area contributed by atoms with Crippen LogP contribution in [0.1, 0.15) is 183 Å². The molecule has 3 heterocycles. The number of hydrogen-bond donors (Lipinski definition) is 3. The lowest BCUT2D eigenvalue weighted by Gasteiger charge is -2.46. The lowest BCUT2D eigenvalue weighted by molar-refractivity contribution is -0.182. The standard InChI is InChI=1S/C69H112ClF3N12O12/c1-14-44(6)58-65(95)79(9)40-56(88)77(7)41-57(89)81(11)52(37-45-23-17-15-18-24-45)63(93)78(8)39-54(86)74-49(29-27-46-26-28-47(48(70)36-46)69(71,72)73)62(92)85-34-21-25-50(85)61(91)76-68(30-22-31-68)67(97)83(13)59(43(4)5)66(96)82(12)53(64(94)84-32-19-16-20-33-84)38-55(87)80(10)51(35-42(2)3)60(90)75-58/h42-53,58-59H,14-41H2,1-13H3,(H,74,86)(H,75,90)(H,76,91)/t44-,46?,47?,48?,49-,50-,51-,52-,53-,58-,59-/m0/s1. The lowest BCUT2D eigenvalue weighted by Crippen LogP contribution is -2.68. The van der Waals surface area contributed by atoms with E-state index in [4.69, 9.17) is 11.6 Å². The molecule has 3 aliphatic carbocycles. The third-order valence-electron chi connectivity index (χ3n) is 21.7. The monoisotopic (exact) mass is 1390 g/mol. The maximum absolute atomic E-state index is 15.3. The molecule has 97 heavy (non-hydrogen) atoms. The quantitative estimate of drug-likeness (QED) is 0.226. The van der Waals surface area contributed by atoms with Gasteiger partial charge in [0, 0.05) is 74.3 Å². The van der Waals surface area contributed by atoms with Gasteiger partial charge in [0.25, 0.3) is 0 Å². The lowest BCUT2D eigenvalue weighted by atomic mass is 9.75. The first-order valence-corrected chi connectivity index (χ1v) is 36.0. The fourth-order valence-electron chi connectivity index (χ4n) is 15.1. The predicted molar refractivity (Wildman–Crippen MR) is 358 cm³/mol. The molecule has 28 heteroatoms. The maximum Gasteiger partial charge on any atom is 0.393 e. The molecule has 1 spiro atoms. The molecule has 6 aliphatic rings. The number of fused-ring (bicyclic) bond motifs is 1. The van der Waals surface area contributed by atoms with Crippen LogP contribution in [0.5, 0.6) is 0 Å². The second-order valence-corrected chi connectivity index (χ2v) is 30.3. The number of piperidine rings is 1. The number of likely N-dealkylation sites (tertiary alicyclic amines) is 1. The molecule has 0 aromatic heterocycles. The molecule has 3 N–H and O–H groups in total. The van der Waals surface area contributed by atoms with Gasteiger partial charge in [-0.1, -0.05) is 80.1 Å². The zero-order valence-corrected chi connectivity index (χ0v) is 60.6. The highest BCUT2D eigenvalue weighted by molar-refractivity contribution is 6.21. The first-order valence-electron chi connectivity index (χ1n) is 35.5. The van der Waals surface area contributed by atoms with E-state index in [9.17, 15) is 56.3 Å². The molecule has 24 nitrogen and oxygen atoms in total. The summed E-state index contributed by atoms with van der Waals surface area (Å²) >= 11 is 6.38. The Balaban J connectivity index is 1.39. The molecular weight excluding hydrogens is 1280 g/mol. The summed E-state index contributed by atoms with van der Waals surface area (Å²) in [5.74, 6) is -11.0. The number of amides is 12. The minimum Gasteiger partial charge on any atom is -0.343 e. The van der Waals surface area contributed by atoms with Crippen molar-refractivity contribution in [1.82, 2.24) is 60.0 Å². The van der Waals surface area contributed by atoms with Crippen LogP contribution in [0.3, 0.4) is 0 Å². The van der Waals surface area contributed by atoms with Crippen LogP contribution in [-0.4, -0.2) is 263 Å². The van der Waals surface area contributed by atoms with Crippen molar-refractivity contribution in [2.75, 3.05) is 88.6 Å². The number of rotatable bonds is 11. The Morgan fingerprint density at radius 2 is 1.21 bits per heavy atom. The summed E-state index contributed by atoms with van der Waals surface area (Å²) in [6.07, 6.45) is 3.75. The topological polar surface area (TPSA) is 270 Å². The van der Waals surface area contributed by atoms with Crippen molar-refractivity contribution in [3.05, 3.63) is 0 Å². The van der Waals surface area contributed by atoms with Gasteiger partial charge in [0.1, 0.15) is 47.8 Å². The Morgan fingerprint density at radius 1 is 0.598 bits per heavy atom. The highest BCUT2D eigenvalue weighted by Gasteiger charge is 2.53. The molecule has 0 bridgehead atoms. The van der Waals surface area contributed by atoms with Gasteiger partial charge in [-0.05, 0) is 126 Å². The second kappa shape index (κ2) is 35.2. The van der Waals surface area contributed by atoms with Crippen LogP contribution in [-0.2, 0) is 57.5 Å². The zero-order chi connectivity index (χ0) is 72.1. The van der Waals surface area contributed by atoms with Crippen LogP contribution in [0.2, 0.25) is 0 Å². The normalized spacial score (nSPS) is 29.5. The molecule has 3 saturated carbocycles. The summed E-state index contributed by atoms with van der Waals surface area (Å²) in [4.78, 5) is 189. The van der Waals surface area contributed by atoms with Gasteiger partial charge < -0.3 is 60.0 Å². The van der Waals surface area contributed by atoms with E-state index in [1.54, 1.807) is 25.7 Å². The molecule has 0 aromatic rings. The minimum atomic E-state index is -4.51. The van der Waals surface area contributed by atoms with Crippen LogP contribution in [0.15, 0.2) is 0 Å². The van der Waals surface area contributed by atoms with E-state index in [1.165, 1.54) is 73.8 Å². The van der Waals surface area contributed by atoms with Gasteiger partial charge in [-0.15, -0.1) is 11.6 Å². The Kier molecular flexibility index (Phi) is 28.9. The largest absolute Gasteiger partial charge is 0.393 e. The third kappa shape index (κ3) is 20.2. The van der Waals surface area contributed by atoms with Gasteiger partial charge in [-0.25, -0.2) is 0 Å². The van der Waals surface area contributed by atoms with Crippen molar-refractivity contribution in [3.8, 4) is 0 Å². The van der Waals surface area contributed by atoms with Crippen LogP contribution in [0.25, 0.3) is 0 Å². The molecule has 0 radical (unpaired) electrons.